The fourth-order valence-corrected chi connectivity index (χ4v) is 3.76. The molecule has 0 spiro atoms. The molecule has 1 N–H and O–H groups in total. The Labute approximate surface area is 182 Å². The maximum Gasteiger partial charge on any atom is 0.586 e. The maximum atomic E-state index is 13.3. The summed E-state index contributed by atoms with van der Waals surface area (Å²) in [7, 11) is 0. The quantitative estimate of drug-likeness (QED) is 0.650. The fourth-order valence-electron chi connectivity index (χ4n) is 3.76. The van der Waals surface area contributed by atoms with Gasteiger partial charge < -0.3 is 24.4 Å². The van der Waals surface area contributed by atoms with E-state index in [1.165, 1.54) is 18.3 Å². The summed E-state index contributed by atoms with van der Waals surface area (Å²) in [6, 6.07) is 8.02. The SMILES string of the molecule is C[C@@H]1CN(c2nccc(Nc3cc(-c4ccc5c(c4)OC(F)(F)O5)cnn3)n2)C[C@H](C)O1. The van der Waals surface area contributed by atoms with Gasteiger partial charge in [-0.15, -0.1) is 13.9 Å². The van der Waals surface area contributed by atoms with Gasteiger partial charge in [0.1, 0.15) is 5.82 Å². The van der Waals surface area contributed by atoms with Gasteiger partial charge in [0.05, 0.1) is 18.4 Å². The molecule has 0 saturated carbocycles. The van der Waals surface area contributed by atoms with E-state index in [4.69, 9.17) is 4.74 Å². The number of morpholine rings is 1. The molecule has 2 aromatic heterocycles. The zero-order valence-corrected chi connectivity index (χ0v) is 17.3. The lowest BCUT2D eigenvalue weighted by Gasteiger charge is -2.35. The number of rotatable bonds is 4. The van der Waals surface area contributed by atoms with Gasteiger partial charge in [-0.1, -0.05) is 6.07 Å². The van der Waals surface area contributed by atoms with Crippen molar-refractivity contribution < 1.29 is 23.0 Å². The summed E-state index contributed by atoms with van der Waals surface area (Å²) in [6.45, 7) is 5.44. The Balaban J connectivity index is 1.35. The van der Waals surface area contributed by atoms with Crippen LogP contribution in [0.15, 0.2) is 42.7 Å². The predicted octanol–water partition coefficient (Wildman–Crippen LogP) is 3.61. The van der Waals surface area contributed by atoms with Gasteiger partial charge in [-0.3, -0.25) is 0 Å². The largest absolute Gasteiger partial charge is 0.586 e. The lowest BCUT2D eigenvalue weighted by atomic mass is 10.1. The Bertz CT molecular complexity index is 1140. The fraction of sp³-hybridized carbons (Fsp3) is 0.333. The summed E-state index contributed by atoms with van der Waals surface area (Å²) in [5.74, 6) is 1.54. The molecule has 1 fully saturated rings. The van der Waals surface area contributed by atoms with Crippen molar-refractivity contribution in [1.82, 2.24) is 20.2 Å². The van der Waals surface area contributed by atoms with E-state index in [-0.39, 0.29) is 23.7 Å². The molecule has 1 saturated heterocycles. The molecule has 11 heteroatoms. The molecule has 0 bridgehead atoms. The van der Waals surface area contributed by atoms with Gasteiger partial charge in [0, 0.05) is 24.8 Å². The third-order valence-electron chi connectivity index (χ3n) is 4.99. The molecular formula is C21H20F2N6O3. The van der Waals surface area contributed by atoms with E-state index in [9.17, 15) is 8.78 Å². The molecule has 3 aromatic rings. The van der Waals surface area contributed by atoms with Crippen molar-refractivity contribution in [1.29, 1.82) is 0 Å². The molecular weight excluding hydrogens is 422 g/mol. The van der Waals surface area contributed by atoms with Crippen molar-refractivity contribution in [3.05, 3.63) is 42.7 Å². The van der Waals surface area contributed by atoms with Gasteiger partial charge in [0.2, 0.25) is 5.95 Å². The number of ether oxygens (including phenoxy) is 3. The number of nitrogens with one attached hydrogen (secondary N) is 1. The number of benzene rings is 1. The van der Waals surface area contributed by atoms with Gasteiger partial charge in [-0.25, -0.2) is 4.98 Å². The molecule has 2 atom stereocenters. The lowest BCUT2D eigenvalue weighted by molar-refractivity contribution is -0.286. The second-order valence-corrected chi connectivity index (χ2v) is 7.69. The Hall–Kier alpha value is -3.60. The number of hydrogen-bond acceptors (Lipinski definition) is 9. The molecule has 0 amide bonds. The van der Waals surface area contributed by atoms with Crippen LogP contribution in [0.25, 0.3) is 11.1 Å². The first-order valence-corrected chi connectivity index (χ1v) is 10.1. The van der Waals surface area contributed by atoms with Crippen molar-refractivity contribution in [3.8, 4) is 22.6 Å². The Morgan fingerprint density at radius 2 is 1.78 bits per heavy atom. The van der Waals surface area contributed by atoms with Crippen LogP contribution in [0.1, 0.15) is 13.8 Å². The second kappa shape index (κ2) is 7.83. The summed E-state index contributed by atoms with van der Waals surface area (Å²) >= 11 is 0. The predicted molar refractivity (Wildman–Crippen MR) is 111 cm³/mol. The molecule has 4 heterocycles. The van der Waals surface area contributed by atoms with Crippen LogP contribution in [-0.2, 0) is 4.74 Å². The highest BCUT2D eigenvalue weighted by molar-refractivity contribution is 5.70. The van der Waals surface area contributed by atoms with E-state index in [1.54, 1.807) is 24.4 Å². The highest BCUT2D eigenvalue weighted by atomic mass is 19.3. The number of hydrogen-bond donors (Lipinski definition) is 1. The molecule has 0 aliphatic carbocycles. The Morgan fingerprint density at radius 1 is 1.00 bits per heavy atom. The third kappa shape index (κ3) is 4.24. The number of anilines is 3. The molecule has 166 valence electrons. The van der Waals surface area contributed by atoms with E-state index >= 15 is 0 Å². The number of aromatic nitrogens is 4. The van der Waals surface area contributed by atoms with E-state index in [1.807, 2.05) is 13.8 Å². The first-order chi connectivity index (χ1) is 15.3. The molecule has 2 aliphatic rings. The van der Waals surface area contributed by atoms with Crippen LogP contribution in [0.2, 0.25) is 0 Å². The first-order valence-electron chi connectivity index (χ1n) is 10.1. The normalized spacial score (nSPS) is 21.4. The summed E-state index contributed by atoms with van der Waals surface area (Å²) in [4.78, 5) is 11.0. The zero-order chi connectivity index (χ0) is 22.3. The standard InChI is InChI=1S/C21H20F2N6O3/c1-12-10-29(11-13(2)30-12)20-24-6-5-18(27-20)26-19-8-15(9-25-28-19)14-3-4-16-17(7-14)32-21(22,23)31-16/h3-9,12-13H,10-11H2,1-2H3,(H,24,26,27,28)/t12-,13+. The number of halogens is 2. The number of nitrogens with zero attached hydrogens (tertiary/aromatic N) is 5. The summed E-state index contributed by atoms with van der Waals surface area (Å²) < 4.78 is 41.3. The van der Waals surface area contributed by atoms with Gasteiger partial charge >= 0.3 is 6.29 Å². The summed E-state index contributed by atoms with van der Waals surface area (Å²) in [5, 5.41) is 11.2. The number of fused-ring (bicyclic) bond motifs is 1. The molecule has 0 radical (unpaired) electrons. The number of alkyl halides is 2. The maximum absolute atomic E-state index is 13.3. The highest BCUT2D eigenvalue weighted by Crippen LogP contribution is 2.43. The average molecular weight is 442 g/mol. The second-order valence-electron chi connectivity index (χ2n) is 7.69. The minimum absolute atomic E-state index is 0.0145. The van der Waals surface area contributed by atoms with E-state index in [0.717, 1.165) is 0 Å². The third-order valence-corrected chi connectivity index (χ3v) is 4.99. The smallest absolute Gasteiger partial charge is 0.395 e. The van der Waals surface area contributed by atoms with Crippen LogP contribution in [0.4, 0.5) is 26.4 Å². The van der Waals surface area contributed by atoms with Gasteiger partial charge in [0.15, 0.2) is 17.3 Å². The molecule has 1 aromatic carbocycles. The minimum Gasteiger partial charge on any atom is -0.395 e. The van der Waals surface area contributed by atoms with E-state index in [0.29, 0.717) is 41.8 Å². The molecule has 2 aliphatic heterocycles. The van der Waals surface area contributed by atoms with Crippen LogP contribution >= 0.6 is 0 Å². The Kier molecular flexibility index (Phi) is 4.97. The van der Waals surface area contributed by atoms with Crippen molar-refractivity contribution in [2.75, 3.05) is 23.3 Å². The topological polar surface area (TPSA) is 94.5 Å². The average Bonchev–Trinajstić information content (AvgIpc) is 3.06. The van der Waals surface area contributed by atoms with E-state index in [2.05, 4.69) is 39.9 Å². The molecule has 32 heavy (non-hydrogen) atoms. The van der Waals surface area contributed by atoms with Gasteiger partial charge in [-0.2, -0.15) is 10.1 Å². The van der Waals surface area contributed by atoms with Crippen LogP contribution in [0.5, 0.6) is 11.5 Å². The molecule has 5 rings (SSSR count). The van der Waals surface area contributed by atoms with Crippen LogP contribution < -0.4 is 19.7 Å². The van der Waals surface area contributed by atoms with Crippen molar-refractivity contribution >= 4 is 17.6 Å². The molecule has 9 nitrogen and oxygen atoms in total. The highest BCUT2D eigenvalue weighted by Gasteiger charge is 2.43. The van der Waals surface area contributed by atoms with Crippen LogP contribution in [0.3, 0.4) is 0 Å². The van der Waals surface area contributed by atoms with Gasteiger partial charge in [0.25, 0.3) is 0 Å². The first kappa shape index (κ1) is 20.3. The monoisotopic (exact) mass is 442 g/mol. The van der Waals surface area contributed by atoms with Crippen LogP contribution in [-0.4, -0.2) is 51.8 Å². The van der Waals surface area contributed by atoms with Crippen molar-refractivity contribution in [3.63, 3.8) is 0 Å². The van der Waals surface area contributed by atoms with Gasteiger partial charge in [-0.05, 0) is 43.7 Å². The Morgan fingerprint density at radius 3 is 2.59 bits per heavy atom. The summed E-state index contributed by atoms with van der Waals surface area (Å²) in [5.41, 5.74) is 1.29. The van der Waals surface area contributed by atoms with Crippen LogP contribution in [0, 0.1) is 0 Å². The van der Waals surface area contributed by atoms with Crippen molar-refractivity contribution in [2.45, 2.75) is 32.4 Å². The van der Waals surface area contributed by atoms with Crippen molar-refractivity contribution in [2.24, 2.45) is 0 Å². The summed E-state index contributed by atoms with van der Waals surface area (Å²) in [6.07, 6.45) is -0.287. The minimum atomic E-state index is -3.66. The molecule has 0 unspecified atom stereocenters. The zero-order valence-electron chi connectivity index (χ0n) is 17.3. The van der Waals surface area contributed by atoms with E-state index < -0.39 is 6.29 Å². The lowest BCUT2D eigenvalue weighted by Crippen LogP contribution is -2.46.